The first-order valence-corrected chi connectivity index (χ1v) is 6.48. The van der Waals surface area contributed by atoms with Gasteiger partial charge in [0.15, 0.2) is 10.5 Å². The number of carboxylic acid groups (broad SMARTS) is 1. The second-order valence-corrected chi connectivity index (χ2v) is 4.96. The summed E-state index contributed by atoms with van der Waals surface area (Å²) in [5.74, 6) is -3.75. The van der Waals surface area contributed by atoms with Crippen molar-refractivity contribution in [3.63, 3.8) is 0 Å². The van der Waals surface area contributed by atoms with Crippen LogP contribution in [0.25, 0.3) is 0 Å². The van der Waals surface area contributed by atoms with E-state index in [0.717, 1.165) is 0 Å². The van der Waals surface area contributed by atoms with Crippen molar-refractivity contribution in [2.45, 2.75) is 18.2 Å². The number of hydrogen-bond donors (Lipinski definition) is 3. The third-order valence-electron chi connectivity index (χ3n) is 2.39. The minimum atomic E-state index is -1.61. The zero-order chi connectivity index (χ0) is 15.3. The van der Waals surface area contributed by atoms with Crippen LogP contribution in [-0.4, -0.2) is 57.3 Å². The Morgan fingerprint density at radius 3 is 2.55 bits per heavy atom. The second-order valence-electron chi connectivity index (χ2n) is 3.82. The van der Waals surface area contributed by atoms with Crippen molar-refractivity contribution < 1.29 is 29.1 Å². The summed E-state index contributed by atoms with van der Waals surface area (Å²) in [6.07, 6.45) is -0.377. The van der Waals surface area contributed by atoms with Gasteiger partial charge in [-0.2, -0.15) is 0 Å². The van der Waals surface area contributed by atoms with Crippen LogP contribution in [0.15, 0.2) is 0 Å². The van der Waals surface area contributed by atoms with E-state index in [0.29, 0.717) is 16.7 Å². The average Bonchev–Trinajstić information content (AvgIpc) is 2.55. The standard InChI is InChI=1S/C10H13N3O6S/c11-3-5(14)12-4-7(16)13-6(15)1-2-8(17)20-9(13)10(18)19/h9H,1-4,11H2,(H,12,14)(H,18,19)/t9-/m0/s1. The Morgan fingerprint density at radius 2 is 2.00 bits per heavy atom. The Labute approximate surface area is 117 Å². The third-order valence-corrected chi connectivity index (χ3v) is 3.49. The Balaban J connectivity index is 2.87. The van der Waals surface area contributed by atoms with Crippen molar-refractivity contribution in [2.75, 3.05) is 13.1 Å². The molecule has 0 aliphatic carbocycles. The van der Waals surface area contributed by atoms with E-state index in [-0.39, 0.29) is 19.4 Å². The number of carbonyl (C=O) groups excluding carboxylic acids is 4. The predicted octanol–water partition coefficient (Wildman–Crippen LogP) is -2.12. The SMILES string of the molecule is NCC(=O)NCC(=O)N1C(=O)CCC(=O)S[C@H]1C(=O)O. The van der Waals surface area contributed by atoms with Crippen LogP contribution in [0.5, 0.6) is 0 Å². The molecule has 0 spiro atoms. The number of nitrogens with two attached hydrogens (primary N) is 1. The molecule has 10 heteroatoms. The van der Waals surface area contributed by atoms with Crippen LogP contribution in [0.1, 0.15) is 12.8 Å². The average molecular weight is 303 g/mol. The van der Waals surface area contributed by atoms with Crippen molar-refractivity contribution in [3.8, 4) is 0 Å². The number of hydrogen-bond acceptors (Lipinski definition) is 7. The first-order chi connectivity index (χ1) is 9.36. The molecule has 1 atom stereocenters. The number of amides is 3. The molecule has 1 rings (SSSR count). The lowest BCUT2D eigenvalue weighted by Gasteiger charge is -2.23. The number of rotatable bonds is 4. The van der Waals surface area contributed by atoms with E-state index in [4.69, 9.17) is 10.8 Å². The highest BCUT2D eigenvalue weighted by atomic mass is 32.2. The van der Waals surface area contributed by atoms with Crippen molar-refractivity contribution in [3.05, 3.63) is 0 Å². The number of carbonyl (C=O) groups is 5. The lowest BCUT2D eigenvalue weighted by Crippen LogP contribution is -2.50. The number of aliphatic carboxylic acids is 1. The van der Waals surface area contributed by atoms with Gasteiger partial charge in [-0.3, -0.25) is 24.1 Å². The summed E-state index contributed by atoms with van der Waals surface area (Å²) in [7, 11) is 0. The molecule has 1 heterocycles. The predicted molar refractivity (Wildman–Crippen MR) is 67.2 cm³/mol. The maximum Gasteiger partial charge on any atom is 0.337 e. The molecular weight excluding hydrogens is 290 g/mol. The molecule has 0 radical (unpaired) electrons. The molecule has 1 saturated heterocycles. The van der Waals surface area contributed by atoms with E-state index in [1.165, 1.54) is 0 Å². The van der Waals surface area contributed by atoms with Gasteiger partial charge in [-0.05, 0) is 0 Å². The first kappa shape index (κ1) is 16.1. The Bertz CT molecular complexity index is 466. The van der Waals surface area contributed by atoms with Gasteiger partial charge >= 0.3 is 5.97 Å². The van der Waals surface area contributed by atoms with Crippen LogP contribution >= 0.6 is 11.8 Å². The van der Waals surface area contributed by atoms with E-state index in [9.17, 15) is 24.0 Å². The molecule has 0 saturated carbocycles. The Hall–Kier alpha value is -1.94. The summed E-state index contributed by atoms with van der Waals surface area (Å²) in [5, 5.41) is 9.07. The van der Waals surface area contributed by atoms with E-state index in [1.807, 2.05) is 0 Å². The lowest BCUT2D eigenvalue weighted by molar-refractivity contribution is -0.154. The molecule has 3 amide bonds. The Morgan fingerprint density at radius 1 is 1.35 bits per heavy atom. The monoisotopic (exact) mass is 303 g/mol. The van der Waals surface area contributed by atoms with Gasteiger partial charge in [0.1, 0.15) is 0 Å². The molecular formula is C10H13N3O6S. The number of imide groups is 1. The molecule has 1 aliphatic rings. The van der Waals surface area contributed by atoms with Gasteiger partial charge < -0.3 is 16.2 Å². The largest absolute Gasteiger partial charge is 0.479 e. The summed E-state index contributed by atoms with van der Waals surface area (Å²) in [6.45, 7) is -0.892. The quantitative estimate of drug-likeness (QED) is 0.534. The van der Waals surface area contributed by atoms with Gasteiger partial charge in [0, 0.05) is 12.8 Å². The fraction of sp³-hybridized carbons (Fsp3) is 0.500. The number of nitrogens with one attached hydrogen (secondary N) is 1. The molecule has 4 N–H and O–H groups in total. The normalized spacial score (nSPS) is 19.4. The second kappa shape index (κ2) is 7.01. The van der Waals surface area contributed by atoms with Crippen molar-refractivity contribution in [1.82, 2.24) is 10.2 Å². The first-order valence-electron chi connectivity index (χ1n) is 5.60. The zero-order valence-electron chi connectivity index (χ0n) is 10.3. The van der Waals surface area contributed by atoms with Crippen LogP contribution in [0, 0.1) is 0 Å². The van der Waals surface area contributed by atoms with Crippen LogP contribution in [-0.2, 0) is 24.0 Å². The summed E-state index contributed by atoms with van der Waals surface area (Å²) < 4.78 is 0. The molecule has 20 heavy (non-hydrogen) atoms. The van der Waals surface area contributed by atoms with E-state index in [2.05, 4.69) is 5.32 Å². The van der Waals surface area contributed by atoms with E-state index < -0.39 is 40.7 Å². The van der Waals surface area contributed by atoms with Gasteiger partial charge in [-0.1, -0.05) is 11.8 Å². The number of thioether (sulfide) groups is 1. The van der Waals surface area contributed by atoms with Crippen LogP contribution < -0.4 is 11.1 Å². The number of carboxylic acids is 1. The minimum absolute atomic E-state index is 0.133. The maximum absolute atomic E-state index is 11.9. The summed E-state index contributed by atoms with van der Waals surface area (Å²) in [5.41, 5.74) is 5.04. The van der Waals surface area contributed by atoms with Crippen molar-refractivity contribution >= 4 is 40.6 Å². The molecule has 0 bridgehead atoms. The minimum Gasteiger partial charge on any atom is -0.479 e. The van der Waals surface area contributed by atoms with Crippen molar-refractivity contribution in [1.29, 1.82) is 0 Å². The molecule has 1 aliphatic heterocycles. The van der Waals surface area contributed by atoms with Gasteiger partial charge in [0.05, 0.1) is 13.1 Å². The van der Waals surface area contributed by atoms with Crippen LogP contribution in [0.2, 0.25) is 0 Å². The molecule has 0 unspecified atom stereocenters. The van der Waals surface area contributed by atoms with Gasteiger partial charge in [0.25, 0.3) is 0 Å². The summed E-state index contributed by atoms with van der Waals surface area (Å²) in [6, 6.07) is 0. The highest BCUT2D eigenvalue weighted by molar-refractivity contribution is 8.14. The van der Waals surface area contributed by atoms with Gasteiger partial charge in [-0.15, -0.1) is 0 Å². The molecule has 9 nitrogen and oxygen atoms in total. The molecule has 110 valence electrons. The lowest BCUT2D eigenvalue weighted by atomic mass is 10.3. The van der Waals surface area contributed by atoms with Crippen molar-refractivity contribution in [2.24, 2.45) is 5.73 Å². The fourth-order valence-electron chi connectivity index (χ4n) is 1.46. The van der Waals surface area contributed by atoms with E-state index in [1.54, 1.807) is 0 Å². The van der Waals surface area contributed by atoms with E-state index >= 15 is 0 Å². The maximum atomic E-state index is 11.9. The topological polar surface area (TPSA) is 147 Å². The highest BCUT2D eigenvalue weighted by Gasteiger charge is 2.39. The van der Waals surface area contributed by atoms with Gasteiger partial charge in [-0.25, -0.2) is 4.79 Å². The smallest absolute Gasteiger partial charge is 0.337 e. The summed E-state index contributed by atoms with van der Waals surface area (Å²) >= 11 is 0.404. The molecule has 0 aromatic rings. The summed E-state index contributed by atoms with van der Waals surface area (Å²) in [4.78, 5) is 57.5. The fourth-order valence-corrected chi connectivity index (χ4v) is 2.37. The van der Waals surface area contributed by atoms with Crippen LogP contribution in [0.4, 0.5) is 0 Å². The zero-order valence-corrected chi connectivity index (χ0v) is 11.1. The highest BCUT2D eigenvalue weighted by Crippen LogP contribution is 2.24. The molecule has 0 aromatic carbocycles. The van der Waals surface area contributed by atoms with Gasteiger partial charge in [0.2, 0.25) is 17.7 Å². The number of nitrogens with zero attached hydrogens (tertiary/aromatic N) is 1. The third kappa shape index (κ3) is 4.03. The molecule has 1 fully saturated rings. The van der Waals surface area contributed by atoms with Crippen LogP contribution in [0.3, 0.4) is 0 Å². The molecule has 0 aromatic heterocycles. The Kier molecular flexibility index (Phi) is 5.65.